The molecule has 0 saturated carbocycles. The lowest BCUT2D eigenvalue weighted by Gasteiger charge is -2.12. The number of hydrogen-bond donors (Lipinski definition) is 0. The number of aryl methyl sites for hydroxylation is 2. The number of rotatable bonds is 6. The van der Waals surface area contributed by atoms with Gasteiger partial charge in [-0.05, 0) is 48.2 Å². The Morgan fingerprint density at radius 2 is 0.765 bits per heavy atom. The number of Topliss-reactive ketones (excluding diaryl/α,β-unsaturated/α-hetero) is 1. The van der Waals surface area contributed by atoms with E-state index in [-0.39, 0.29) is 5.78 Å². The number of hydrogen-bond acceptors (Lipinski definition) is 3. The molecule has 0 aliphatic carbocycles. The number of para-hydroxylation sites is 4. The van der Waals surface area contributed by atoms with E-state index in [2.05, 4.69) is 24.3 Å². The van der Waals surface area contributed by atoms with Crippen LogP contribution in [0.15, 0.2) is 97.1 Å². The predicted octanol–water partition coefficient (Wildman–Crippen LogP) is 7.22. The first-order valence-corrected chi connectivity index (χ1v) is 11.8. The molecule has 0 fully saturated rings. The van der Waals surface area contributed by atoms with Crippen LogP contribution in [0.25, 0.3) is 43.6 Å². The molecule has 3 heteroatoms. The number of fused-ring (bicyclic) bond motifs is 4. The Morgan fingerprint density at radius 1 is 0.471 bits per heavy atom. The Labute approximate surface area is 198 Å². The quantitative estimate of drug-likeness (QED) is 0.257. The maximum atomic E-state index is 13.1. The smallest absolute Gasteiger partial charge is 0.133 e. The van der Waals surface area contributed by atoms with Gasteiger partial charge in [0.15, 0.2) is 0 Å². The maximum Gasteiger partial charge on any atom is 0.133 e. The lowest BCUT2D eigenvalue weighted by Crippen LogP contribution is -2.04. The van der Waals surface area contributed by atoms with Crippen molar-refractivity contribution in [2.45, 2.75) is 25.7 Å². The van der Waals surface area contributed by atoms with Gasteiger partial charge < -0.3 is 0 Å². The molecule has 6 rings (SSSR count). The number of ketones is 1. The molecule has 0 atom stereocenters. The van der Waals surface area contributed by atoms with E-state index in [0.717, 1.165) is 56.5 Å². The second-order valence-electron chi connectivity index (χ2n) is 8.79. The molecular formula is C31H24N2O. The highest BCUT2D eigenvalue weighted by atomic mass is 16.1. The molecule has 164 valence electrons. The Morgan fingerprint density at radius 3 is 1.09 bits per heavy atom. The number of nitrogens with zero attached hydrogens (tertiary/aromatic N) is 2. The van der Waals surface area contributed by atoms with Crippen LogP contribution in [0.3, 0.4) is 0 Å². The summed E-state index contributed by atoms with van der Waals surface area (Å²) in [4.78, 5) is 22.7. The summed E-state index contributed by atoms with van der Waals surface area (Å²) in [5, 5.41) is 4.56. The van der Waals surface area contributed by atoms with Crippen molar-refractivity contribution in [3.63, 3.8) is 0 Å². The van der Waals surface area contributed by atoms with Gasteiger partial charge in [0.05, 0.1) is 22.1 Å². The number of benzene rings is 4. The van der Waals surface area contributed by atoms with Crippen molar-refractivity contribution >= 4 is 49.4 Å². The van der Waals surface area contributed by atoms with Gasteiger partial charge in [-0.15, -0.1) is 0 Å². The number of aromatic nitrogens is 2. The van der Waals surface area contributed by atoms with Crippen LogP contribution >= 0.6 is 0 Å². The molecular weight excluding hydrogens is 416 g/mol. The van der Waals surface area contributed by atoms with Gasteiger partial charge in [-0.1, -0.05) is 72.8 Å². The van der Waals surface area contributed by atoms with E-state index in [1.165, 1.54) is 11.1 Å². The highest BCUT2D eigenvalue weighted by Crippen LogP contribution is 2.29. The third-order valence-corrected chi connectivity index (χ3v) is 6.71. The van der Waals surface area contributed by atoms with Crippen LogP contribution < -0.4 is 0 Å². The van der Waals surface area contributed by atoms with Crippen LogP contribution in [-0.4, -0.2) is 15.8 Å². The van der Waals surface area contributed by atoms with Gasteiger partial charge in [0.1, 0.15) is 5.78 Å². The van der Waals surface area contributed by atoms with E-state index in [1.807, 2.05) is 72.8 Å². The average molecular weight is 441 g/mol. The largest absolute Gasteiger partial charge is 0.300 e. The van der Waals surface area contributed by atoms with E-state index in [0.29, 0.717) is 12.8 Å². The van der Waals surface area contributed by atoms with Gasteiger partial charge in [0.25, 0.3) is 0 Å². The summed E-state index contributed by atoms with van der Waals surface area (Å²) in [6, 6.07) is 32.9. The first-order valence-electron chi connectivity index (χ1n) is 11.8. The Balaban J connectivity index is 1.28. The Hall–Kier alpha value is -4.11. The van der Waals surface area contributed by atoms with Crippen molar-refractivity contribution < 1.29 is 4.79 Å². The van der Waals surface area contributed by atoms with Crippen molar-refractivity contribution in [3.05, 3.63) is 108 Å². The molecule has 0 radical (unpaired) electrons. The second-order valence-corrected chi connectivity index (χ2v) is 8.79. The molecule has 0 unspecified atom stereocenters. The summed E-state index contributed by atoms with van der Waals surface area (Å²) in [5.41, 5.74) is 6.37. The molecule has 0 amide bonds. The van der Waals surface area contributed by atoms with E-state index >= 15 is 0 Å². The first kappa shape index (κ1) is 20.5. The lowest BCUT2D eigenvalue weighted by atomic mass is 9.94. The summed E-state index contributed by atoms with van der Waals surface area (Å²) in [6.45, 7) is 0. The van der Waals surface area contributed by atoms with E-state index < -0.39 is 0 Å². The minimum Gasteiger partial charge on any atom is -0.300 e. The summed E-state index contributed by atoms with van der Waals surface area (Å²) in [5.74, 6) is 0.287. The van der Waals surface area contributed by atoms with Crippen LogP contribution in [0.2, 0.25) is 0 Å². The number of carbonyl (C=O) groups is 1. The lowest BCUT2D eigenvalue weighted by molar-refractivity contribution is -0.119. The van der Waals surface area contributed by atoms with Crippen molar-refractivity contribution in [2.24, 2.45) is 0 Å². The molecule has 0 N–H and O–H groups in total. The minimum atomic E-state index is 0.287. The van der Waals surface area contributed by atoms with Crippen molar-refractivity contribution in [1.82, 2.24) is 9.97 Å². The molecule has 0 aliphatic heterocycles. The SMILES string of the molecule is O=C(CCc1c2ccccc2nc2ccccc12)CCc1c2ccccc2nc2ccccc12. The predicted molar refractivity (Wildman–Crippen MR) is 140 cm³/mol. The molecule has 34 heavy (non-hydrogen) atoms. The van der Waals surface area contributed by atoms with Crippen LogP contribution in [0.1, 0.15) is 24.0 Å². The van der Waals surface area contributed by atoms with Crippen LogP contribution in [-0.2, 0) is 17.6 Å². The molecule has 2 heterocycles. The second kappa shape index (κ2) is 8.68. The van der Waals surface area contributed by atoms with Gasteiger partial charge in [0.2, 0.25) is 0 Å². The molecule has 0 spiro atoms. The standard InChI is InChI=1S/C31H24N2O/c34-21(17-19-22-24-9-1-5-13-28(24)32-29-14-6-2-10-25(22)29)18-20-23-26-11-3-7-15-30(26)33-31-16-8-4-12-27(23)31/h1-16H,17-20H2. The van der Waals surface area contributed by atoms with Crippen molar-refractivity contribution in [3.8, 4) is 0 Å². The van der Waals surface area contributed by atoms with Gasteiger partial charge >= 0.3 is 0 Å². The van der Waals surface area contributed by atoms with E-state index in [9.17, 15) is 4.79 Å². The first-order chi connectivity index (χ1) is 16.8. The molecule has 0 bridgehead atoms. The number of carbonyl (C=O) groups excluding carboxylic acids is 1. The monoisotopic (exact) mass is 440 g/mol. The maximum absolute atomic E-state index is 13.1. The molecule has 0 saturated heterocycles. The Bertz CT molecular complexity index is 1450. The fourth-order valence-electron chi connectivity index (χ4n) is 5.05. The topological polar surface area (TPSA) is 42.9 Å². The van der Waals surface area contributed by atoms with Crippen molar-refractivity contribution in [1.29, 1.82) is 0 Å². The summed E-state index contributed by atoms with van der Waals surface area (Å²) in [7, 11) is 0. The van der Waals surface area contributed by atoms with Gasteiger partial charge in [-0.2, -0.15) is 0 Å². The zero-order valence-electron chi connectivity index (χ0n) is 18.9. The molecule has 3 nitrogen and oxygen atoms in total. The van der Waals surface area contributed by atoms with Gasteiger partial charge in [-0.3, -0.25) is 4.79 Å². The average Bonchev–Trinajstić information content (AvgIpc) is 2.89. The molecule has 4 aromatic carbocycles. The van der Waals surface area contributed by atoms with Crippen LogP contribution in [0, 0.1) is 0 Å². The summed E-state index contributed by atoms with van der Waals surface area (Å²) >= 11 is 0. The normalized spacial score (nSPS) is 11.5. The van der Waals surface area contributed by atoms with Crippen LogP contribution in [0.4, 0.5) is 0 Å². The Kier molecular flexibility index (Phi) is 5.23. The zero-order valence-corrected chi connectivity index (χ0v) is 18.9. The third-order valence-electron chi connectivity index (χ3n) is 6.71. The van der Waals surface area contributed by atoms with Crippen LogP contribution in [0.5, 0.6) is 0 Å². The molecule has 2 aromatic heterocycles. The fraction of sp³-hybridized carbons (Fsp3) is 0.129. The van der Waals surface area contributed by atoms with Crippen molar-refractivity contribution in [2.75, 3.05) is 0 Å². The number of pyridine rings is 2. The van der Waals surface area contributed by atoms with Gasteiger partial charge in [-0.25, -0.2) is 9.97 Å². The molecule has 0 aliphatic rings. The highest BCUT2D eigenvalue weighted by molar-refractivity contribution is 5.99. The van der Waals surface area contributed by atoms with E-state index in [4.69, 9.17) is 9.97 Å². The third kappa shape index (κ3) is 3.69. The molecule has 6 aromatic rings. The highest BCUT2D eigenvalue weighted by Gasteiger charge is 2.13. The zero-order chi connectivity index (χ0) is 22.9. The fourth-order valence-corrected chi connectivity index (χ4v) is 5.05. The summed E-state index contributed by atoms with van der Waals surface area (Å²) in [6.07, 6.45) is 2.50. The minimum absolute atomic E-state index is 0.287. The summed E-state index contributed by atoms with van der Waals surface area (Å²) < 4.78 is 0. The van der Waals surface area contributed by atoms with E-state index in [1.54, 1.807) is 0 Å². The van der Waals surface area contributed by atoms with Gasteiger partial charge in [0, 0.05) is 34.4 Å².